The number of hydrogen-bond donors (Lipinski definition) is 0. The normalized spacial score (nSPS) is 10.0. The fourth-order valence-corrected chi connectivity index (χ4v) is 2.12. The number of esters is 1. The molecule has 0 aromatic heterocycles. The number of benzene rings is 2. The monoisotopic (exact) mass is 314 g/mol. The smallest absolute Gasteiger partial charge is 0.341 e. The van der Waals surface area contributed by atoms with Crippen molar-refractivity contribution in [2.45, 2.75) is 13.5 Å². The summed E-state index contributed by atoms with van der Waals surface area (Å²) in [6.45, 7) is 1.67. The Labute approximate surface area is 134 Å². The quantitative estimate of drug-likeness (QED) is 0.605. The predicted octanol–water partition coefficient (Wildman–Crippen LogP) is 3.26. The van der Waals surface area contributed by atoms with E-state index in [-0.39, 0.29) is 18.0 Å². The average molecular weight is 314 g/mol. The largest absolute Gasteiger partial charge is 0.496 e. The van der Waals surface area contributed by atoms with Crippen LogP contribution in [0.1, 0.15) is 33.2 Å². The lowest BCUT2D eigenvalue weighted by Crippen LogP contribution is -2.08. The minimum Gasteiger partial charge on any atom is -0.496 e. The molecule has 0 unspecified atom stereocenters. The van der Waals surface area contributed by atoms with Crippen molar-refractivity contribution >= 4 is 11.8 Å². The zero-order chi connectivity index (χ0) is 16.8. The van der Waals surface area contributed by atoms with Crippen LogP contribution in [-0.4, -0.2) is 26.0 Å². The molecule has 0 saturated heterocycles. The maximum absolute atomic E-state index is 11.9. The summed E-state index contributed by atoms with van der Waals surface area (Å²) in [5.41, 5.74) is 1.49. The van der Waals surface area contributed by atoms with Crippen molar-refractivity contribution in [2.24, 2.45) is 0 Å². The molecule has 0 amide bonds. The first kappa shape index (κ1) is 16.5. The van der Waals surface area contributed by atoms with E-state index in [1.54, 1.807) is 19.2 Å². The summed E-state index contributed by atoms with van der Waals surface area (Å²) >= 11 is 0. The first-order chi connectivity index (χ1) is 11.1. The van der Waals surface area contributed by atoms with Crippen molar-refractivity contribution in [3.8, 4) is 11.5 Å². The Morgan fingerprint density at radius 3 is 2.39 bits per heavy atom. The molecule has 0 saturated carbocycles. The second kappa shape index (κ2) is 7.45. The summed E-state index contributed by atoms with van der Waals surface area (Å²) in [6, 6.07) is 12.1. The Bertz CT molecular complexity index is 721. The first-order valence-corrected chi connectivity index (χ1v) is 7.04. The van der Waals surface area contributed by atoms with Gasteiger partial charge in [-0.1, -0.05) is 18.2 Å². The number of carbonyl (C=O) groups is 2. The van der Waals surface area contributed by atoms with E-state index < -0.39 is 5.97 Å². The maximum atomic E-state index is 11.9. The molecule has 5 nitrogen and oxygen atoms in total. The molecule has 0 heterocycles. The molecule has 2 rings (SSSR count). The number of ketones is 1. The summed E-state index contributed by atoms with van der Waals surface area (Å²) < 4.78 is 15.8. The Morgan fingerprint density at radius 1 is 1.00 bits per heavy atom. The van der Waals surface area contributed by atoms with Crippen molar-refractivity contribution in [1.29, 1.82) is 0 Å². The lowest BCUT2D eigenvalue weighted by atomic mass is 10.1. The minimum absolute atomic E-state index is 0.133. The number of Topliss-reactive ketones (excluding diaryl/α,β-unsaturated/α-hetero) is 1. The fraction of sp³-hybridized carbons (Fsp3) is 0.222. The number of rotatable bonds is 6. The van der Waals surface area contributed by atoms with Crippen molar-refractivity contribution in [2.75, 3.05) is 14.2 Å². The van der Waals surface area contributed by atoms with Crippen molar-refractivity contribution in [3.05, 3.63) is 59.2 Å². The Morgan fingerprint density at radius 2 is 1.74 bits per heavy atom. The van der Waals surface area contributed by atoms with Crippen LogP contribution in [0.3, 0.4) is 0 Å². The molecule has 0 spiro atoms. The second-order valence-electron chi connectivity index (χ2n) is 4.86. The van der Waals surface area contributed by atoms with E-state index in [0.29, 0.717) is 17.1 Å². The highest BCUT2D eigenvalue weighted by atomic mass is 16.5. The Hall–Kier alpha value is -2.82. The van der Waals surface area contributed by atoms with Gasteiger partial charge in [-0.25, -0.2) is 4.79 Å². The number of ether oxygens (including phenoxy) is 3. The molecule has 0 radical (unpaired) electrons. The van der Waals surface area contributed by atoms with E-state index >= 15 is 0 Å². The zero-order valence-corrected chi connectivity index (χ0v) is 13.3. The van der Waals surface area contributed by atoms with Gasteiger partial charge in [0.15, 0.2) is 5.78 Å². The van der Waals surface area contributed by atoms with Crippen molar-refractivity contribution in [3.63, 3.8) is 0 Å². The van der Waals surface area contributed by atoms with Gasteiger partial charge in [0.05, 0.1) is 14.2 Å². The fourth-order valence-electron chi connectivity index (χ4n) is 2.12. The molecule has 2 aromatic carbocycles. The summed E-state index contributed by atoms with van der Waals surface area (Å²) in [5.74, 6) is 0.370. The van der Waals surface area contributed by atoms with Crippen molar-refractivity contribution < 1.29 is 23.8 Å². The summed E-state index contributed by atoms with van der Waals surface area (Å²) in [7, 11) is 2.87. The van der Waals surface area contributed by atoms with E-state index in [4.69, 9.17) is 14.2 Å². The lowest BCUT2D eigenvalue weighted by molar-refractivity contribution is 0.0595. The first-order valence-electron chi connectivity index (χ1n) is 7.04. The highest BCUT2D eigenvalue weighted by Gasteiger charge is 2.16. The van der Waals surface area contributed by atoms with Gasteiger partial charge in [-0.05, 0) is 31.2 Å². The van der Waals surface area contributed by atoms with Crippen molar-refractivity contribution in [1.82, 2.24) is 0 Å². The molecule has 5 heteroatoms. The van der Waals surface area contributed by atoms with Crippen LogP contribution in [0.2, 0.25) is 0 Å². The minimum atomic E-state index is -0.553. The molecule has 0 bridgehead atoms. The predicted molar refractivity (Wildman–Crippen MR) is 85.1 cm³/mol. The van der Waals surface area contributed by atoms with Gasteiger partial charge in [-0.15, -0.1) is 0 Å². The molecule has 120 valence electrons. The van der Waals surface area contributed by atoms with Gasteiger partial charge in [-0.3, -0.25) is 4.79 Å². The molecule has 0 aliphatic heterocycles. The maximum Gasteiger partial charge on any atom is 0.341 e. The standard InChI is InChI=1S/C18H18O5/c1-12(19)13-8-9-17(15(10-13)18(20)22-3)23-11-14-6-4-5-7-16(14)21-2/h4-10H,11H2,1-3H3. The SMILES string of the molecule is COC(=O)c1cc(C(C)=O)ccc1OCc1ccccc1OC. The molecule has 0 N–H and O–H groups in total. The van der Waals surface area contributed by atoms with Gasteiger partial charge in [0.25, 0.3) is 0 Å². The molecule has 23 heavy (non-hydrogen) atoms. The number of hydrogen-bond acceptors (Lipinski definition) is 5. The van der Waals surface area contributed by atoms with Crippen LogP contribution in [0.15, 0.2) is 42.5 Å². The Kier molecular flexibility index (Phi) is 5.36. The molecule has 0 aliphatic rings. The summed E-state index contributed by atoms with van der Waals surface area (Å²) in [5, 5.41) is 0. The van der Waals surface area contributed by atoms with Crippen LogP contribution in [0.25, 0.3) is 0 Å². The van der Waals surface area contributed by atoms with Gasteiger partial charge >= 0.3 is 5.97 Å². The number of para-hydroxylation sites is 1. The van der Waals surface area contributed by atoms with Gasteiger partial charge in [0.2, 0.25) is 0 Å². The van der Waals surface area contributed by atoms with Gasteiger partial charge < -0.3 is 14.2 Å². The van der Waals surface area contributed by atoms with Crippen LogP contribution < -0.4 is 9.47 Å². The van der Waals surface area contributed by atoms with Gasteiger partial charge in [-0.2, -0.15) is 0 Å². The topological polar surface area (TPSA) is 61.8 Å². The molecular weight excluding hydrogens is 296 g/mol. The Balaban J connectivity index is 2.28. The highest BCUT2D eigenvalue weighted by Crippen LogP contribution is 2.25. The molecule has 2 aromatic rings. The molecule has 0 fully saturated rings. The zero-order valence-electron chi connectivity index (χ0n) is 13.3. The van der Waals surface area contributed by atoms with E-state index in [9.17, 15) is 9.59 Å². The van der Waals surface area contributed by atoms with E-state index in [2.05, 4.69) is 0 Å². The van der Waals surface area contributed by atoms with Gasteiger partial charge in [0.1, 0.15) is 23.7 Å². The van der Waals surface area contributed by atoms with E-state index in [1.165, 1.54) is 20.1 Å². The lowest BCUT2D eigenvalue weighted by Gasteiger charge is -2.13. The molecule has 0 aliphatic carbocycles. The average Bonchev–Trinajstić information content (AvgIpc) is 2.59. The van der Waals surface area contributed by atoms with Crippen LogP contribution in [0.5, 0.6) is 11.5 Å². The van der Waals surface area contributed by atoms with Gasteiger partial charge in [0, 0.05) is 11.1 Å². The molecular formula is C18H18O5. The summed E-state index contributed by atoms with van der Waals surface area (Å²) in [4.78, 5) is 23.4. The van der Waals surface area contributed by atoms with Crippen LogP contribution in [0.4, 0.5) is 0 Å². The summed E-state index contributed by atoms with van der Waals surface area (Å²) in [6.07, 6.45) is 0. The highest BCUT2D eigenvalue weighted by molar-refractivity contribution is 5.99. The van der Waals surface area contributed by atoms with Crippen LogP contribution in [0, 0.1) is 0 Å². The third-order valence-corrected chi connectivity index (χ3v) is 3.37. The third kappa shape index (κ3) is 3.88. The van der Waals surface area contributed by atoms with Crippen LogP contribution >= 0.6 is 0 Å². The second-order valence-corrected chi connectivity index (χ2v) is 4.86. The van der Waals surface area contributed by atoms with Crippen LogP contribution in [-0.2, 0) is 11.3 Å². The third-order valence-electron chi connectivity index (χ3n) is 3.37. The van der Waals surface area contributed by atoms with E-state index in [1.807, 2.05) is 24.3 Å². The van der Waals surface area contributed by atoms with E-state index in [0.717, 1.165) is 5.56 Å². The number of methoxy groups -OCH3 is 2. The number of carbonyl (C=O) groups excluding carboxylic acids is 2. The molecule has 0 atom stereocenters.